The molecule has 0 saturated carbocycles. The summed E-state index contributed by atoms with van der Waals surface area (Å²) in [6, 6.07) is 65.3. The van der Waals surface area contributed by atoms with Crippen molar-refractivity contribution in [3.63, 3.8) is 0 Å². The van der Waals surface area contributed by atoms with Gasteiger partial charge < -0.3 is 35.5 Å². The number of likely N-dealkylation sites (N-methyl/N-ethyl adjacent to an activating group) is 1. The highest BCUT2D eigenvalue weighted by molar-refractivity contribution is 6.30. The summed E-state index contributed by atoms with van der Waals surface area (Å²) in [5.74, 6) is 0.527. The van der Waals surface area contributed by atoms with E-state index in [1.807, 2.05) is 57.7 Å². The van der Waals surface area contributed by atoms with E-state index in [1.54, 1.807) is 36.4 Å². The number of hydrogen-bond donors (Lipinski definition) is 5. The summed E-state index contributed by atoms with van der Waals surface area (Å²) >= 11 is 5.95. The van der Waals surface area contributed by atoms with E-state index in [0.717, 1.165) is 105 Å². The first-order chi connectivity index (χ1) is 52.7. The Labute approximate surface area is 654 Å². The third-order valence-electron chi connectivity index (χ3n) is 19.5. The van der Waals surface area contributed by atoms with Crippen molar-refractivity contribution in [1.29, 1.82) is 0 Å². The summed E-state index contributed by atoms with van der Waals surface area (Å²) in [7, 11) is 7.79. The summed E-state index contributed by atoms with van der Waals surface area (Å²) in [5.41, 5.74) is 14.4. The van der Waals surface area contributed by atoms with E-state index in [4.69, 9.17) is 11.6 Å². The molecule has 0 aliphatic carbocycles. The average Bonchev–Trinajstić information content (AvgIpc) is 1.64. The molecule has 1 saturated heterocycles. The Balaban J connectivity index is 0.000000201. The second kappa shape index (κ2) is 49.6. The molecular weight excluding hydrogens is 1380 g/mol. The van der Waals surface area contributed by atoms with Gasteiger partial charge in [0.2, 0.25) is 0 Å². The molecule has 109 heavy (non-hydrogen) atoms. The number of aromatic amines is 1. The summed E-state index contributed by atoms with van der Waals surface area (Å²) in [5, 5.41) is 22.3. The van der Waals surface area contributed by atoms with Crippen molar-refractivity contribution < 1.29 is 27.5 Å². The van der Waals surface area contributed by atoms with E-state index in [-0.39, 0.29) is 40.4 Å². The second-order valence-corrected chi connectivity index (χ2v) is 29.9. The monoisotopic (exact) mass is 1500 g/mol. The number of unbranched alkanes of at least 4 members (excludes halogenated alkanes) is 4. The average molecular weight is 1510 g/mol. The van der Waals surface area contributed by atoms with Gasteiger partial charge in [-0.2, -0.15) is 0 Å². The zero-order chi connectivity index (χ0) is 78.8. The molecule has 14 heteroatoms. The van der Waals surface area contributed by atoms with Gasteiger partial charge >= 0.3 is 0 Å². The Morgan fingerprint density at radius 2 is 1.15 bits per heavy atom. The van der Waals surface area contributed by atoms with Crippen LogP contribution in [-0.2, 0) is 31.2 Å². The predicted molar refractivity (Wildman–Crippen MR) is 452 cm³/mol. The number of nitrogens with one attached hydrogen (secondary N) is 4. The van der Waals surface area contributed by atoms with Gasteiger partial charge in [0.05, 0.1) is 11.6 Å². The molecule has 0 bridgehead atoms. The number of para-hydroxylation sites is 2. The molecule has 3 unspecified atom stereocenters. The third kappa shape index (κ3) is 32.1. The van der Waals surface area contributed by atoms with Crippen LogP contribution in [0.2, 0.25) is 5.02 Å². The maximum Gasteiger partial charge on any atom is 0.166 e. The lowest BCUT2D eigenvalue weighted by atomic mass is 9.86. The van der Waals surface area contributed by atoms with Gasteiger partial charge in [0.1, 0.15) is 23.3 Å². The number of aliphatic hydroxyl groups excluding tert-OH is 1. The number of H-pyrrole nitrogens is 1. The van der Waals surface area contributed by atoms with Crippen molar-refractivity contribution in [2.24, 2.45) is 11.8 Å². The Hall–Kier alpha value is -8.53. The number of piperidine rings is 1. The fourth-order valence-electron chi connectivity index (χ4n) is 13.2. The van der Waals surface area contributed by atoms with E-state index < -0.39 is 6.10 Å². The highest BCUT2D eigenvalue weighted by atomic mass is 35.5. The fourth-order valence-corrected chi connectivity index (χ4v) is 13.3. The molecule has 9 nitrogen and oxygen atoms in total. The van der Waals surface area contributed by atoms with E-state index in [0.29, 0.717) is 17.9 Å². The van der Waals surface area contributed by atoms with Gasteiger partial charge in [0.25, 0.3) is 0 Å². The van der Waals surface area contributed by atoms with E-state index in [9.17, 15) is 27.5 Å². The number of nitrogens with zero attached hydrogens (tertiary/aromatic N) is 3. The normalized spacial score (nSPS) is 12.9. The van der Waals surface area contributed by atoms with E-state index in [2.05, 4.69) is 200 Å². The zero-order valence-electron chi connectivity index (χ0n) is 66.7. The lowest BCUT2D eigenvalue weighted by Gasteiger charge is -2.27. The highest BCUT2D eigenvalue weighted by Gasteiger charge is 2.24. The maximum atomic E-state index is 13.2. The van der Waals surface area contributed by atoms with Gasteiger partial charge in [0, 0.05) is 75.2 Å². The minimum Gasteiger partial charge on any atom is -0.388 e. The van der Waals surface area contributed by atoms with Crippen LogP contribution in [0.1, 0.15) is 199 Å². The first kappa shape index (κ1) is 89.4. The van der Waals surface area contributed by atoms with Crippen molar-refractivity contribution >= 4 is 39.2 Å². The van der Waals surface area contributed by atoms with Crippen molar-refractivity contribution in [2.45, 2.75) is 175 Å². The molecule has 3 aromatic heterocycles. The van der Waals surface area contributed by atoms with Crippen molar-refractivity contribution in [1.82, 2.24) is 35.4 Å². The van der Waals surface area contributed by atoms with Crippen molar-refractivity contribution in [3.8, 4) is 5.69 Å². The molecule has 11 aromatic rings. The van der Waals surface area contributed by atoms with Gasteiger partial charge in [0.15, 0.2) is 5.78 Å². The standard InChI is InChI=1S/C20H22FN.C16H18ClN.C16H26.C13H16FNO.C11H16FNO.C11H14N2.C8H10FN/c1-2-3-4-5-8-16-15-22(18-13-11-17(21)12-14-18)20-10-7-6-9-19(16)20;1-2-3-6-15(16-7-4-5-12-18-16)13-8-10-14(17)11-9-13;1-6-7-13(2)12-14-8-10-15(11-9-14)16(3,4)5;1-15-8-6-11(7-9-15)13(16)10-2-4-12(14)5-3-10;1-13-8-2-3-11(14)9-4-6-10(12)7-5-9;1-12-7-6-9-8-13-11-5-3-2-4-10(9)11;1-10-6-7-2-4-8(9)5-3-7/h6-7,9-15H,2-5,8H2,1H3;4-5,7-12,15H,2-3,6H2,1H3;8-11,13H,6-7,12H2,1-5H3;2-5,11H,6-9H2,1H3;4-7,11,13-14H,2-3,8H2,1H3;2-5,8,12-13H,6-7H2,1H3;2-5,10H,6H2,1H3. The number of halogens is 5. The molecule has 0 spiro atoms. The molecule has 584 valence electrons. The van der Waals surface area contributed by atoms with Crippen LogP contribution < -0.4 is 16.0 Å². The van der Waals surface area contributed by atoms with Crippen molar-refractivity contribution in [3.05, 3.63) is 309 Å². The van der Waals surface area contributed by atoms with Crippen LogP contribution in [0.25, 0.3) is 27.5 Å². The zero-order valence-corrected chi connectivity index (χ0v) is 67.4. The maximum absolute atomic E-state index is 13.2. The Morgan fingerprint density at radius 3 is 1.73 bits per heavy atom. The lowest BCUT2D eigenvalue weighted by Crippen LogP contribution is -2.33. The van der Waals surface area contributed by atoms with Crippen molar-refractivity contribution in [2.75, 3.05) is 54.4 Å². The summed E-state index contributed by atoms with van der Waals surface area (Å²) in [4.78, 5) is 22.1. The summed E-state index contributed by atoms with van der Waals surface area (Å²) < 4.78 is 52.9. The molecule has 0 amide bonds. The number of aromatic nitrogens is 3. The van der Waals surface area contributed by atoms with Crippen LogP contribution >= 0.6 is 11.6 Å². The predicted octanol–water partition coefficient (Wildman–Crippen LogP) is 23.6. The van der Waals surface area contributed by atoms with Gasteiger partial charge in [-0.1, -0.05) is 208 Å². The number of aryl methyl sites for hydroxylation is 1. The number of carbonyl (C=O) groups is 1. The number of Topliss-reactive ketones (excluding diaryl/α,β-unsaturated/α-hetero) is 1. The molecule has 3 atom stereocenters. The topological polar surface area (TPSA) is 110 Å². The lowest BCUT2D eigenvalue weighted by molar-refractivity contribution is 0.0856. The van der Waals surface area contributed by atoms with Crippen LogP contribution in [0.5, 0.6) is 0 Å². The number of fused-ring (bicyclic) bond motifs is 2. The van der Waals surface area contributed by atoms with Crippen LogP contribution in [-0.4, -0.2) is 84.7 Å². The Bertz CT molecular complexity index is 4230. The van der Waals surface area contributed by atoms with E-state index >= 15 is 0 Å². The van der Waals surface area contributed by atoms with Gasteiger partial charge in [-0.3, -0.25) is 9.78 Å². The summed E-state index contributed by atoms with van der Waals surface area (Å²) in [6.07, 6.45) is 23.8. The largest absolute Gasteiger partial charge is 0.388 e. The second-order valence-electron chi connectivity index (χ2n) is 29.5. The molecule has 1 aliphatic heterocycles. The summed E-state index contributed by atoms with van der Waals surface area (Å²) in [6.45, 7) is 20.5. The number of likely N-dealkylation sites (tertiary alicyclic amines) is 1. The molecule has 12 rings (SSSR count). The minimum absolute atomic E-state index is 0.113. The van der Waals surface area contributed by atoms with Crippen LogP contribution in [0.15, 0.2) is 231 Å². The van der Waals surface area contributed by atoms with E-state index in [1.165, 1.54) is 156 Å². The van der Waals surface area contributed by atoms with Crippen LogP contribution in [0.4, 0.5) is 17.6 Å². The van der Waals surface area contributed by atoms with Gasteiger partial charge in [-0.25, -0.2) is 17.6 Å². The van der Waals surface area contributed by atoms with Crippen LogP contribution in [0, 0.1) is 35.1 Å². The number of rotatable bonds is 27. The van der Waals surface area contributed by atoms with Gasteiger partial charge in [-0.05, 0) is 272 Å². The van der Waals surface area contributed by atoms with Crippen LogP contribution in [0.3, 0.4) is 0 Å². The number of carbonyl (C=O) groups excluding carboxylic acids is 1. The first-order valence-electron chi connectivity index (χ1n) is 39.4. The molecular formula is C95H122ClF4N7O2. The number of benzene rings is 8. The third-order valence-corrected chi connectivity index (χ3v) is 19.8. The number of pyridine rings is 1. The highest BCUT2D eigenvalue weighted by Crippen LogP contribution is 2.31. The molecule has 8 aromatic carbocycles. The molecule has 0 radical (unpaired) electrons. The number of ketones is 1. The Morgan fingerprint density at radius 1 is 0.578 bits per heavy atom. The SMILES string of the molecule is CCCC(C)Cc1ccc(C(C)(C)C)cc1.CCCCC(c1ccc(Cl)cc1)c1ccccn1.CCCCCCc1cn(-c2ccc(F)cc2)c2ccccc12.CN1CCC(C(=O)c2ccc(F)cc2)CC1.CNCCCC(O)c1ccc(F)cc1.CNCCc1c[nH]c2ccccc12.CNCc1ccc(F)cc1. The quantitative estimate of drug-likeness (QED) is 0.0198. The smallest absolute Gasteiger partial charge is 0.166 e. The Kier molecular flexibility index (Phi) is 40.7. The molecule has 1 aliphatic rings. The molecule has 4 heterocycles. The molecule has 1 fully saturated rings. The first-order valence-corrected chi connectivity index (χ1v) is 39.8. The fraction of sp³-hybridized carbons (Fsp3) is 0.389. The number of hydrogen-bond acceptors (Lipinski definition) is 7. The number of aliphatic hydroxyl groups is 1. The molecule has 5 N–H and O–H groups in total. The van der Waals surface area contributed by atoms with Gasteiger partial charge in [-0.15, -0.1) is 0 Å². The minimum atomic E-state index is -0.482.